The molecule has 0 saturated carbocycles. The molecule has 0 aromatic heterocycles. The van der Waals surface area contributed by atoms with E-state index in [1.54, 1.807) is 24.3 Å². The topological polar surface area (TPSA) is 55.5 Å². The second-order valence-corrected chi connectivity index (χ2v) is 4.70. The van der Waals surface area contributed by atoms with Crippen molar-refractivity contribution in [1.82, 2.24) is 0 Å². The van der Waals surface area contributed by atoms with Crippen LogP contribution in [0.5, 0.6) is 11.5 Å². The average Bonchev–Trinajstić information content (AvgIpc) is 2.18. The van der Waals surface area contributed by atoms with E-state index in [1.165, 1.54) is 0 Å². The largest absolute Gasteiger partial charge is 0.508 e. The molecule has 1 aromatic rings. The van der Waals surface area contributed by atoms with Gasteiger partial charge in [-0.25, -0.2) is 0 Å². The van der Waals surface area contributed by atoms with Gasteiger partial charge in [0.2, 0.25) is 0 Å². The molecular weight excluding hydrogens is 202 g/mol. The minimum Gasteiger partial charge on any atom is -0.508 e. The summed E-state index contributed by atoms with van der Waals surface area (Å²) in [5, 5.41) is 9.65. The summed E-state index contributed by atoms with van der Waals surface area (Å²) in [6.45, 7) is 9.50. The lowest BCUT2D eigenvalue weighted by Gasteiger charge is -2.22. The van der Waals surface area contributed by atoms with E-state index in [4.69, 9.17) is 10.5 Å². The highest BCUT2D eigenvalue weighted by Crippen LogP contribution is 2.29. The van der Waals surface area contributed by atoms with E-state index in [0.29, 0.717) is 11.3 Å². The first-order valence-corrected chi connectivity index (χ1v) is 5.23. The molecule has 1 rings (SSSR count). The van der Waals surface area contributed by atoms with Crippen LogP contribution in [0, 0.1) is 0 Å². The van der Waals surface area contributed by atoms with Crippen molar-refractivity contribution in [2.75, 3.05) is 0 Å². The van der Waals surface area contributed by atoms with Crippen LogP contribution < -0.4 is 10.5 Å². The molecule has 0 aliphatic rings. The van der Waals surface area contributed by atoms with Crippen LogP contribution >= 0.6 is 0 Å². The van der Waals surface area contributed by atoms with E-state index in [1.807, 2.05) is 20.8 Å². The minimum atomic E-state index is -0.386. The highest BCUT2D eigenvalue weighted by molar-refractivity contribution is 5.42. The lowest BCUT2D eigenvalue weighted by molar-refractivity contribution is 0.130. The van der Waals surface area contributed by atoms with Crippen LogP contribution in [-0.2, 0) is 0 Å². The summed E-state index contributed by atoms with van der Waals surface area (Å²) in [7, 11) is 0. The van der Waals surface area contributed by atoms with Gasteiger partial charge in [0.1, 0.15) is 17.1 Å². The average molecular weight is 221 g/mol. The Morgan fingerprint density at radius 1 is 1.44 bits per heavy atom. The van der Waals surface area contributed by atoms with E-state index >= 15 is 0 Å². The first-order chi connectivity index (χ1) is 7.33. The van der Waals surface area contributed by atoms with Gasteiger partial charge >= 0.3 is 0 Å². The number of rotatable bonds is 3. The predicted octanol–water partition coefficient (Wildman–Crippen LogP) is 2.76. The van der Waals surface area contributed by atoms with Gasteiger partial charge in [0, 0.05) is 5.56 Å². The summed E-state index contributed by atoms with van der Waals surface area (Å²) >= 11 is 0. The minimum absolute atomic E-state index is 0.161. The standard InChI is InChI=1S/C13H19NO2/c1-5-11(14)10-8-9(6-7-12(10)15)16-13(2,3)4/h5-8,11,15H,1,14H2,2-4H3/t11-/m1/s1. The quantitative estimate of drug-likeness (QED) is 0.772. The molecule has 0 unspecified atom stereocenters. The molecule has 1 aromatic carbocycles. The summed E-state index contributed by atoms with van der Waals surface area (Å²) in [5.41, 5.74) is 6.14. The van der Waals surface area contributed by atoms with Gasteiger partial charge in [0.15, 0.2) is 0 Å². The summed E-state index contributed by atoms with van der Waals surface area (Å²) in [6, 6.07) is 4.66. The first-order valence-electron chi connectivity index (χ1n) is 5.23. The molecular formula is C13H19NO2. The van der Waals surface area contributed by atoms with Gasteiger partial charge in [-0.3, -0.25) is 0 Å². The molecule has 0 aliphatic carbocycles. The molecule has 0 amide bonds. The van der Waals surface area contributed by atoms with E-state index in [0.717, 1.165) is 0 Å². The monoisotopic (exact) mass is 221 g/mol. The fourth-order valence-electron chi connectivity index (χ4n) is 1.34. The molecule has 3 N–H and O–H groups in total. The maximum Gasteiger partial charge on any atom is 0.120 e. The SMILES string of the molecule is C=C[C@@H](N)c1cc(OC(C)(C)C)ccc1O. The molecule has 0 bridgehead atoms. The molecule has 0 heterocycles. The number of aromatic hydroxyl groups is 1. The maximum atomic E-state index is 9.65. The highest BCUT2D eigenvalue weighted by Gasteiger charge is 2.14. The molecule has 0 saturated heterocycles. The third kappa shape index (κ3) is 3.28. The maximum absolute atomic E-state index is 9.65. The normalized spacial score (nSPS) is 13.2. The highest BCUT2D eigenvalue weighted by atomic mass is 16.5. The summed E-state index contributed by atoms with van der Waals surface area (Å²) in [4.78, 5) is 0. The third-order valence-electron chi connectivity index (χ3n) is 2.04. The lowest BCUT2D eigenvalue weighted by atomic mass is 10.1. The van der Waals surface area contributed by atoms with E-state index in [2.05, 4.69) is 6.58 Å². The number of hydrogen-bond acceptors (Lipinski definition) is 3. The number of nitrogens with two attached hydrogens (primary N) is 1. The van der Waals surface area contributed by atoms with Gasteiger partial charge in [-0.15, -0.1) is 6.58 Å². The number of phenolic OH excluding ortho intramolecular Hbond substituents is 1. The molecule has 1 atom stereocenters. The fourth-order valence-corrected chi connectivity index (χ4v) is 1.34. The van der Waals surface area contributed by atoms with Crippen molar-refractivity contribution < 1.29 is 9.84 Å². The van der Waals surface area contributed by atoms with Gasteiger partial charge < -0.3 is 15.6 Å². The van der Waals surface area contributed by atoms with Crippen molar-refractivity contribution in [1.29, 1.82) is 0 Å². The summed E-state index contributed by atoms with van der Waals surface area (Å²) in [6.07, 6.45) is 1.58. The van der Waals surface area contributed by atoms with E-state index in [9.17, 15) is 5.11 Å². The van der Waals surface area contributed by atoms with Crippen LogP contribution in [0.2, 0.25) is 0 Å². The number of ether oxygens (including phenoxy) is 1. The number of benzene rings is 1. The van der Waals surface area contributed by atoms with Gasteiger partial charge in [-0.2, -0.15) is 0 Å². The van der Waals surface area contributed by atoms with Crippen molar-refractivity contribution >= 4 is 0 Å². The molecule has 3 nitrogen and oxygen atoms in total. The Morgan fingerprint density at radius 2 is 2.06 bits per heavy atom. The second-order valence-electron chi connectivity index (χ2n) is 4.70. The Bertz CT molecular complexity index is 380. The molecule has 3 heteroatoms. The van der Waals surface area contributed by atoms with Gasteiger partial charge in [0.05, 0.1) is 6.04 Å². The van der Waals surface area contributed by atoms with Crippen LogP contribution in [0.3, 0.4) is 0 Å². The van der Waals surface area contributed by atoms with Crippen LogP contribution in [0.4, 0.5) is 0 Å². The zero-order valence-corrected chi connectivity index (χ0v) is 10.0. The summed E-state index contributed by atoms with van der Waals surface area (Å²) in [5.74, 6) is 0.853. The van der Waals surface area contributed by atoms with Crippen LogP contribution in [0.1, 0.15) is 32.4 Å². The summed E-state index contributed by atoms with van der Waals surface area (Å²) < 4.78 is 5.69. The van der Waals surface area contributed by atoms with Gasteiger partial charge in [0.25, 0.3) is 0 Å². The van der Waals surface area contributed by atoms with Crippen LogP contribution in [0.15, 0.2) is 30.9 Å². The molecule has 88 valence electrons. The third-order valence-corrected chi connectivity index (χ3v) is 2.04. The molecule has 16 heavy (non-hydrogen) atoms. The zero-order chi connectivity index (χ0) is 12.3. The Morgan fingerprint density at radius 3 is 2.56 bits per heavy atom. The van der Waals surface area contributed by atoms with E-state index in [-0.39, 0.29) is 17.4 Å². The van der Waals surface area contributed by atoms with Gasteiger partial charge in [-0.05, 0) is 39.0 Å². The van der Waals surface area contributed by atoms with Crippen LogP contribution in [-0.4, -0.2) is 10.7 Å². The lowest BCUT2D eigenvalue weighted by Crippen LogP contribution is -2.23. The Kier molecular flexibility index (Phi) is 3.60. The predicted molar refractivity (Wildman–Crippen MR) is 65.6 cm³/mol. The fraction of sp³-hybridized carbons (Fsp3) is 0.385. The molecule has 0 fully saturated rings. The Hall–Kier alpha value is -1.48. The second kappa shape index (κ2) is 4.58. The molecule has 0 radical (unpaired) electrons. The van der Waals surface area contributed by atoms with Gasteiger partial charge in [-0.1, -0.05) is 6.08 Å². The van der Waals surface area contributed by atoms with Crippen molar-refractivity contribution in [2.24, 2.45) is 5.73 Å². The van der Waals surface area contributed by atoms with Crippen LogP contribution in [0.25, 0.3) is 0 Å². The van der Waals surface area contributed by atoms with Crippen molar-refractivity contribution in [3.05, 3.63) is 36.4 Å². The first kappa shape index (κ1) is 12.6. The molecule has 0 spiro atoms. The van der Waals surface area contributed by atoms with E-state index < -0.39 is 0 Å². The number of phenols is 1. The molecule has 0 aliphatic heterocycles. The Balaban J connectivity index is 3.03. The van der Waals surface area contributed by atoms with Crippen molar-refractivity contribution in [3.8, 4) is 11.5 Å². The Labute approximate surface area is 96.5 Å². The smallest absolute Gasteiger partial charge is 0.120 e. The zero-order valence-electron chi connectivity index (χ0n) is 10.0. The van der Waals surface area contributed by atoms with Crippen molar-refractivity contribution in [2.45, 2.75) is 32.4 Å². The van der Waals surface area contributed by atoms with Crippen molar-refractivity contribution in [3.63, 3.8) is 0 Å². The number of hydrogen-bond donors (Lipinski definition) is 2.